The van der Waals surface area contributed by atoms with Crippen LogP contribution in [0.1, 0.15) is 0 Å². The SMILES string of the molecule is c1cc(Oc2ccc3c(c2)OCO3)nc(Oc2ccc3c(c2)OCO3)c1. The van der Waals surface area contributed by atoms with Gasteiger partial charge in [0.1, 0.15) is 11.5 Å². The molecule has 0 unspecified atom stereocenters. The summed E-state index contributed by atoms with van der Waals surface area (Å²) < 4.78 is 32.8. The molecule has 0 spiro atoms. The first-order chi connectivity index (χ1) is 12.8. The lowest BCUT2D eigenvalue weighted by molar-refractivity contribution is 0.173. The molecule has 26 heavy (non-hydrogen) atoms. The van der Waals surface area contributed by atoms with Crippen LogP contribution < -0.4 is 28.4 Å². The van der Waals surface area contributed by atoms with Crippen LogP contribution in [0.5, 0.6) is 46.3 Å². The van der Waals surface area contributed by atoms with E-state index in [0.717, 1.165) is 0 Å². The second-order valence-electron chi connectivity index (χ2n) is 5.55. The Bertz CT molecular complexity index is 899. The summed E-state index contributed by atoms with van der Waals surface area (Å²) in [4.78, 5) is 4.36. The maximum atomic E-state index is 5.78. The lowest BCUT2D eigenvalue weighted by Gasteiger charge is -2.09. The fraction of sp³-hybridized carbons (Fsp3) is 0.105. The van der Waals surface area contributed by atoms with Crippen molar-refractivity contribution >= 4 is 0 Å². The van der Waals surface area contributed by atoms with Crippen molar-refractivity contribution in [2.24, 2.45) is 0 Å². The molecule has 2 aliphatic rings. The van der Waals surface area contributed by atoms with Crippen molar-refractivity contribution in [2.45, 2.75) is 0 Å². The van der Waals surface area contributed by atoms with Gasteiger partial charge in [0.15, 0.2) is 23.0 Å². The first kappa shape index (κ1) is 14.7. The summed E-state index contributed by atoms with van der Waals surface area (Å²) in [5, 5.41) is 0. The molecule has 3 heterocycles. The Kier molecular flexibility index (Phi) is 3.41. The Balaban J connectivity index is 1.34. The third-order valence-corrected chi connectivity index (χ3v) is 3.83. The van der Waals surface area contributed by atoms with Gasteiger partial charge in [0, 0.05) is 24.3 Å². The third-order valence-electron chi connectivity index (χ3n) is 3.83. The highest BCUT2D eigenvalue weighted by molar-refractivity contribution is 5.49. The highest BCUT2D eigenvalue weighted by atomic mass is 16.7. The monoisotopic (exact) mass is 351 g/mol. The van der Waals surface area contributed by atoms with Crippen LogP contribution >= 0.6 is 0 Å². The minimum atomic E-state index is 0.218. The lowest BCUT2D eigenvalue weighted by atomic mass is 10.3. The Labute approximate surface area is 148 Å². The van der Waals surface area contributed by atoms with Gasteiger partial charge in [-0.25, -0.2) is 0 Å². The number of hydrogen-bond donors (Lipinski definition) is 0. The van der Waals surface area contributed by atoms with Gasteiger partial charge in [-0.1, -0.05) is 6.07 Å². The summed E-state index contributed by atoms with van der Waals surface area (Å²) in [6.07, 6.45) is 0. The van der Waals surface area contributed by atoms with E-state index < -0.39 is 0 Å². The third kappa shape index (κ3) is 2.79. The van der Waals surface area contributed by atoms with Crippen LogP contribution in [-0.4, -0.2) is 18.6 Å². The summed E-state index contributed by atoms with van der Waals surface area (Å²) in [5.41, 5.74) is 0. The number of pyridine rings is 1. The molecule has 2 aromatic carbocycles. The van der Waals surface area contributed by atoms with Gasteiger partial charge in [0.25, 0.3) is 0 Å². The largest absolute Gasteiger partial charge is 0.454 e. The number of hydrogen-bond acceptors (Lipinski definition) is 7. The standard InChI is InChI=1S/C19H13NO6/c1-2-18(25-12-4-6-14-16(8-12)23-10-21-14)20-19(3-1)26-13-5-7-15-17(9-13)24-11-22-15/h1-9H,10-11H2. The quantitative estimate of drug-likeness (QED) is 0.700. The molecule has 0 N–H and O–H groups in total. The summed E-state index contributed by atoms with van der Waals surface area (Å²) >= 11 is 0. The number of aromatic nitrogens is 1. The number of ether oxygens (including phenoxy) is 6. The average Bonchev–Trinajstić information content (AvgIpc) is 3.30. The van der Waals surface area contributed by atoms with Crippen molar-refractivity contribution in [1.29, 1.82) is 0 Å². The van der Waals surface area contributed by atoms with E-state index in [1.165, 1.54) is 0 Å². The maximum absolute atomic E-state index is 5.78. The normalized spacial score (nSPS) is 13.5. The van der Waals surface area contributed by atoms with E-state index >= 15 is 0 Å². The lowest BCUT2D eigenvalue weighted by Crippen LogP contribution is -1.93. The predicted molar refractivity (Wildman–Crippen MR) is 89.5 cm³/mol. The number of benzene rings is 2. The molecule has 0 radical (unpaired) electrons. The van der Waals surface area contributed by atoms with E-state index in [0.29, 0.717) is 46.3 Å². The minimum Gasteiger partial charge on any atom is -0.454 e. The number of fused-ring (bicyclic) bond motifs is 2. The molecule has 0 amide bonds. The van der Waals surface area contributed by atoms with Crippen LogP contribution in [0.4, 0.5) is 0 Å². The second kappa shape index (κ2) is 6.03. The summed E-state index contributed by atoms with van der Waals surface area (Å²) in [6.45, 7) is 0.436. The van der Waals surface area contributed by atoms with Crippen LogP contribution in [0.3, 0.4) is 0 Å². The van der Waals surface area contributed by atoms with Gasteiger partial charge in [0.05, 0.1) is 0 Å². The Morgan fingerprint density at radius 3 is 1.65 bits per heavy atom. The first-order valence-corrected chi connectivity index (χ1v) is 7.95. The average molecular weight is 351 g/mol. The molecule has 5 rings (SSSR count). The van der Waals surface area contributed by atoms with Gasteiger partial charge in [-0.2, -0.15) is 4.98 Å². The minimum absolute atomic E-state index is 0.218. The van der Waals surface area contributed by atoms with Crippen molar-refractivity contribution in [1.82, 2.24) is 4.98 Å². The number of nitrogens with zero attached hydrogens (tertiary/aromatic N) is 1. The zero-order chi connectivity index (χ0) is 17.3. The molecule has 0 atom stereocenters. The Morgan fingerprint density at radius 2 is 1.12 bits per heavy atom. The van der Waals surface area contributed by atoms with Gasteiger partial charge in [-0.05, 0) is 24.3 Å². The molecule has 130 valence electrons. The second-order valence-corrected chi connectivity index (χ2v) is 5.55. The molecule has 7 heteroatoms. The zero-order valence-corrected chi connectivity index (χ0v) is 13.5. The molecule has 2 aliphatic heterocycles. The Morgan fingerprint density at radius 1 is 0.615 bits per heavy atom. The highest BCUT2D eigenvalue weighted by Gasteiger charge is 2.16. The molecule has 7 nitrogen and oxygen atoms in total. The van der Waals surface area contributed by atoms with E-state index in [9.17, 15) is 0 Å². The topological polar surface area (TPSA) is 68.3 Å². The van der Waals surface area contributed by atoms with Crippen molar-refractivity contribution < 1.29 is 28.4 Å². The molecular weight excluding hydrogens is 338 g/mol. The molecule has 0 saturated heterocycles. The fourth-order valence-electron chi connectivity index (χ4n) is 2.63. The van der Waals surface area contributed by atoms with Crippen molar-refractivity contribution in [2.75, 3.05) is 13.6 Å². The molecule has 0 aliphatic carbocycles. The van der Waals surface area contributed by atoms with Crippen LogP contribution in [0.2, 0.25) is 0 Å². The summed E-state index contributed by atoms with van der Waals surface area (Å²) in [6, 6.07) is 16.0. The summed E-state index contributed by atoms with van der Waals surface area (Å²) in [7, 11) is 0. The number of rotatable bonds is 4. The van der Waals surface area contributed by atoms with E-state index in [1.807, 2.05) is 0 Å². The molecular formula is C19H13NO6. The first-order valence-electron chi connectivity index (χ1n) is 7.95. The highest BCUT2D eigenvalue weighted by Crippen LogP contribution is 2.38. The summed E-state index contributed by atoms with van der Waals surface area (Å²) in [5.74, 6) is 4.70. The van der Waals surface area contributed by atoms with Crippen molar-refractivity contribution in [3.05, 3.63) is 54.6 Å². The maximum Gasteiger partial charge on any atom is 0.231 e. The van der Waals surface area contributed by atoms with Crippen LogP contribution in [0.15, 0.2) is 54.6 Å². The van der Waals surface area contributed by atoms with Crippen LogP contribution in [0, 0.1) is 0 Å². The van der Waals surface area contributed by atoms with Crippen molar-refractivity contribution in [3.8, 4) is 46.3 Å². The van der Waals surface area contributed by atoms with Crippen molar-refractivity contribution in [3.63, 3.8) is 0 Å². The van der Waals surface area contributed by atoms with Crippen LogP contribution in [-0.2, 0) is 0 Å². The van der Waals surface area contributed by atoms with E-state index in [-0.39, 0.29) is 13.6 Å². The molecule has 1 aromatic heterocycles. The van der Waals surface area contributed by atoms with E-state index in [4.69, 9.17) is 28.4 Å². The van der Waals surface area contributed by atoms with Gasteiger partial charge in [-0.15, -0.1) is 0 Å². The zero-order valence-electron chi connectivity index (χ0n) is 13.5. The van der Waals surface area contributed by atoms with Crippen LogP contribution in [0.25, 0.3) is 0 Å². The Hall–Kier alpha value is -3.61. The van der Waals surface area contributed by atoms with Gasteiger partial charge < -0.3 is 28.4 Å². The molecule has 3 aromatic rings. The molecule has 0 fully saturated rings. The van der Waals surface area contributed by atoms with Gasteiger partial charge >= 0.3 is 0 Å². The van der Waals surface area contributed by atoms with Gasteiger partial charge in [-0.3, -0.25) is 0 Å². The van der Waals surface area contributed by atoms with Gasteiger partial charge in [0.2, 0.25) is 25.3 Å². The molecule has 0 bridgehead atoms. The molecule has 0 saturated carbocycles. The fourth-order valence-corrected chi connectivity index (χ4v) is 2.63. The van der Waals surface area contributed by atoms with E-state index in [2.05, 4.69) is 4.98 Å². The van der Waals surface area contributed by atoms with E-state index in [1.54, 1.807) is 54.6 Å². The predicted octanol–water partition coefficient (Wildman–Crippen LogP) is 4.12. The smallest absolute Gasteiger partial charge is 0.231 e.